The zero-order valence-electron chi connectivity index (χ0n) is 15.0. The number of aliphatic imine (C=N–C) groups is 1. The van der Waals surface area contributed by atoms with E-state index in [1.165, 1.54) is 13.2 Å². The lowest BCUT2D eigenvalue weighted by Crippen LogP contribution is -2.38. The Bertz CT molecular complexity index is 543. The minimum atomic E-state index is -2.87. The molecule has 0 saturated heterocycles. The standard InChI is InChI=1S/C17H27F2N3O2/c1-17(2,3)8-9-21-16(20-4)22-11-12-10-13(23-5)6-7-14(12)24-15(18)19/h6-7,10,15H,8-9,11H2,1-5H3,(H2,20,21,22). The highest BCUT2D eigenvalue weighted by atomic mass is 19.3. The van der Waals surface area contributed by atoms with Crippen molar-refractivity contribution in [3.8, 4) is 11.5 Å². The van der Waals surface area contributed by atoms with Gasteiger partial charge in [0.2, 0.25) is 0 Å². The van der Waals surface area contributed by atoms with Crippen molar-refractivity contribution in [1.82, 2.24) is 10.6 Å². The fourth-order valence-corrected chi connectivity index (χ4v) is 1.99. The van der Waals surface area contributed by atoms with Gasteiger partial charge in [0.25, 0.3) is 0 Å². The second-order valence-electron chi connectivity index (χ2n) is 6.52. The van der Waals surface area contributed by atoms with E-state index < -0.39 is 6.61 Å². The fraction of sp³-hybridized carbons (Fsp3) is 0.588. The largest absolute Gasteiger partial charge is 0.497 e. The van der Waals surface area contributed by atoms with Crippen molar-refractivity contribution >= 4 is 5.96 Å². The molecular formula is C17H27F2N3O2. The van der Waals surface area contributed by atoms with E-state index in [2.05, 4.69) is 41.1 Å². The molecule has 0 unspecified atom stereocenters. The van der Waals surface area contributed by atoms with Crippen LogP contribution in [0.25, 0.3) is 0 Å². The topological polar surface area (TPSA) is 54.9 Å². The van der Waals surface area contributed by atoms with Crippen molar-refractivity contribution in [3.05, 3.63) is 23.8 Å². The Morgan fingerprint density at radius 3 is 2.50 bits per heavy atom. The van der Waals surface area contributed by atoms with Crippen LogP contribution in [0.15, 0.2) is 23.2 Å². The molecule has 1 aromatic carbocycles. The lowest BCUT2D eigenvalue weighted by molar-refractivity contribution is -0.0504. The number of nitrogens with one attached hydrogen (secondary N) is 2. The van der Waals surface area contributed by atoms with Crippen molar-refractivity contribution < 1.29 is 18.3 Å². The number of hydrogen-bond acceptors (Lipinski definition) is 3. The van der Waals surface area contributed by atoms with Crippen LogP contribution in [-0.2, 0) is 6.54 Å². The van der Waals surface area contributed by atoms with Gasteiger partial charge in [-0.3, -0.25) is 4.99 Å². The maximum atomic E-state index is 12.5. The van der Waals surface area contributed by atoms with Crippen LogP contribution in [0.4, 0.5) is 8.78 Å². The van der Waals surface area contributed by atoms with Gasteiger partial charge in [-0.05, 0) is 30.0 Å². The Labute approximate surface area is 142 Å². The molecule has 0 bridgehead atoms. The van der Waals surface area contributed by atoms with E-state index in [0.29, 0.717) is 17.3 Å². The number of alkyl halides is 2. The molecule has 0 aliphatic rings. The van der Waals surface area contributed by atoms with Gasteiger partial charge in [0.1, 0.15) is 11.5 Å². The highest BCUT2D eigenvalue weighted by molar-refractivity contribution is 5.79. The first kappa shape index (κ1) is 20.0. The molecule has 1 aromatic rings. The molecule has 0 radical (unpaired) electrons. The third-order valence-electron chi connectivity index (χ3n) is 3.32. The van der Waals surface area contributed by atoms with Gasteiger partial charge in [0.05, 0.1) is 7.11 Å². The van der Waals surface area contributed by atoms with Crippen LogP contribution < -0.4 is 20.1 Å². The summed E-state index contributed by atoms with van der Waals surface area (Å²) in [6, 6.07) is 4.71. The summed E-state index contributed by atoms with van der Waals surface area (Å²) < 4.78 is 34.7. The number of hydrogen-bond donors (Lipinski definition) is 2. The van der Waals surface area contributed by atoms with Gasteiger partial charge in [-0.2, -0.15) is 8.78 Å². The molecule has 0 saturated carbocycles. The SMILES string of the molecule is CN=C(NCCC(C)(C)C)NCc1cc(OC)ccc1OC(F)F. The van der Waals surface area contributed by atoms with Gasteiger partial charge in [-0.25, -0.2) is 0 Å². The summed E-state index contributed by atoms with van der Waals surface area (Å²) in [5.74, 6) is 1.29. The maximum absolute atomic E-state index is 12.5. The number of nitrogens with zero attached hydrogens (tertiary/aromatic N) is 1. The number of rotatable bonds is 7. The Balaban J connectivity index is 2.69. The second-order valence-corrected chi connectivity index (χ2v) is 6.52. The first-order chi connectivity index (χ1) is 11.2. The highest BCUT2D eigenvalue weighted by Crippen LogP contribution is 2.25. The normalized spacial score (nSPS) is 12.2. The first-order valence-electron chi connectivity index (χ1n) is 7.81. The average Bonchev–Trinajstić information content (AvgIpc) is 2.50. The Morgan fingerprint density at radius 2 is 1.96 bits per heavy atom. The number of methoxy groups -OCH3 is 1. The number of benzene rings is 1. The van der Waals surface area contributed by atoms with E-state index in [4.69, 9.17) is 4.74 Å². The summed E-state index contributed by atoms with van der Waals surface area (Å²) in [6.45, 7) is 4.66. The molecule has 0 aliphatic heterocycles. The van der Waals surface area contributed by atoms with Crippen LogP contribution in [0.5, 0.6) is 11.5 Å². The van der Waals surface area contributed by atoms with Crippen LogP contribution in [0, 0.1) is 5.41 Å². The molecule has 7 heteroatoms. The number of guanidine groups is 1. The molecule has 0 fully saturated rings. The third kappa shape index (κ3) is 7.48. The van der Waals surface area contributed by atoms with Gasteiger partial charge in [-0.1, -0.05) is 20.8 Å². The van der Waals surface area contributed by atoms with Crippen LogP contribution in [0.2, 0.25) is 0 Å². The van der Waals surface area contributed by atoms with E-state index >= 15 is 0 Å². The molecule has 0 aliphatic carbocycles. The van der Waals surface area contributed by atoms with Crippen LogP contribution in [0.1, 0.15) is 32.8 Å². The minimum absolute atomic E-state index is 0.114. The predicted octanol–water partition coefficient (Wildman–Crippen LogP) is 3.40. The van der Waals surface area contributed by atoms with Crippen molar-refractivity contribution in [2.45, 2.75) is 40.3 Å². The molecule has 136 valence electrons. The average molecular weight is 343 g/mol. The molecule has 0 heterocycles. The van der Waals surface area contributed by atoms with Crippen LogP contribution in [0.3, 0.4) is 0 Å². The van der Waals surface area contributed by atoms with Crippen molar-refractivity contribution in [2.24, 2.45) is 10.4 Å². The Morgan fingerprint density at radius 1 is 1.25 bits per heavy atom. The van der Waals surface area contributed by atoms with E-state index in [-0.39, 0.29) is 17.7 Å². The maximum Gasteiger partial charge on any atom is 0.387 e. The summed E-state index contributed by atoms with van der Waals surface area (Å²) in [4.78, 5) is 4.13. The summed E-state index contributed by atoms with van der Waals surface area (Å²) in [7, 11) is 3.18. The third-order valence-corrected chi connectivity index (χ3v) is 3.32. The van der Waals surface area contributed by atoms with Crippen molar-refractivity contribution in [1.29, 1.82) is 0 Å². The van der Waals surface area contributed by atoms with Gasteiger partial charge < -0.3 is 20.1 Å². The van der Waals surface area contributed by atoms with Gasteiger partial charge in [0, 0.05) is 25.7 Å². The summed E-state index contributed by atoms with van der Waals surface area (Å²) in [5, 5.41) is 6.30. The fourth-order valence-electron chi connectivity index (χ4n) is 1.99. The molecule has 0 spiro atoms. The monoisotopic (exact) mass is 343 g/mol. The quantitative estimate of drug-likeness (QED) is 0.588. The van der Waals surface area contributed by atoms with E-state index in [1.54, 1.807) is 19.2 Å². The molecule has 0 aromatic heterocycles. The Hall–Kier alpha value is -2.05. The molecule has 5 nitrogen and oxygen atoms in total. The molecular weight excluding hydrogens is 316 g/mol. The summed E-state index contributed by atoms with van der Waals surface area (Å²) >= 11 is 0. The second kappa shape index (κ2) is 9.30. The van der Waals surface area contributed by atoms with Crippen LogP contribution in [-0.4, -0.2) is 33.3 Å². The van der Waals surface area contributed by atoms with Crippen molar-refractivity contribution in [2.75, 3.05) is 20.7 Å². The van der Waals surface area contributed by atoms with Crippen LogP contribution >= 0.6 is 0 Å². The van der Waals surface area contributed by atoms with Gasteiger partial charge in [-0.15, -0.1) is 0 Å². The van der Waals surface area contributed by atoms with Gasteiger partial charge >= 0.3 is 6.61 Å². The smallest absolute Gasteiger partial charge is 0.387 e. The van der Waals surface area contributed by atoms with E-state index in [0.717, 1.165) is 13.0 Å². The molecule has 1 rings (SSSR count). The zero-order valence-corrected chi connectivity index (χ0v) is 15.0. The summed E-state index contributed by atoms with van der Waals surface area (Å²) in [5.41, 5.74) is 0.783. The minimum Gasteiger partial charge on any atom is -0.497 e. The Kier molecular flexibility index (Phi) is 7.74. The lowest BCUT2D eigenvalue weighted by Gasteiger charge is -2.20. The van der Waals surface area contributed by atoms with E-state index in [9.17, 15) is 8.78 Å². The highest BCUT2D eigenvalue weighted by Gasteiger charge is 2.12. The molecule has 2 N–H and O–H groups in total. The van der Waals surface area contributed by atoms with Gasteiger partial charge in [0.15, 0.2) is 5.96 Å². The number of ether oxygens (including phenoxy) is 2. The van der Waals surface area contributed by atoms with Crippen molar-refractivity contribution in [3.63, 3.8) is 0 Å². The van der Waals surface area contributed by atoms with E-state index in [1.807, 2.05) is 0 Å². The molecule has 0 amide bonds. The molecule has 24 heavy (non-hydrogen) atoms. The molecule has 0 atom stereocenters. The lowest BCUT2D eigenvalue weighted by atomic mass is 9.92. The zero-order chi connectivity index (χ0) is 18.2. The predicted molar refractivity (Wildman–Crippen MR) is 91.9 cm³/mol. The summed E-state index contributed by atoms with van der Waals surface area (Å²) in [6.07, 6.45) is 0.979. The number of halogens is 2. The first-order valence-corrected chi connectivity index (χ1v) is 7.81.